The smallest absolute Gasteiger partial charge is 0.418 e. The van der Waals surface area contributed by atoms with Crippen LogP contribution in [0.25, 0.3) is 0 Å². The number of methoxy groups -OCH3 is 1. The molecule has 1 aromatic carbocycles. The topological polar surface area (TPSA) is 47.0 Å². The van der Waals surface area contributed by atoms with Crippen LogP contribution in [0, 0.1) is 0 Å². The predicted octanol–water partition coefficient (Wildman–Crippen LogP) is 4.55. The third-order valence-corrected chi connectivity index (χ3v) is 2.90. The monoisotopic (exact) mass is 337 g/mol. The normalized spacial score (nSPS) is 11.3. The van der Waals surface area contributed by atoms with Crippen molar-refractivity contribution in [2.75, 3.05) is 12.4 Å². The first-order valence-corrected chi connectivity index (χ1v) is 6.27. The van der Waals surface area contributed by atoms with Crippen LogP contribution in [-0.2, 0) is 6.18 Å². The lowest BCUT2D eigenvalue weighted by Gasteiger charge is -2.15. The number of alkyl halides is 3. The fourth-order valence-electron chi connectivity index (χ4n) is 1.58. The molecule has 0 unspecified atom stereocenters. The summed E-state index contributed by atoms with van der Waals surface area (Å²) in [6, 6.07) is 3.34. The highest BCUT2D eigenvalue weighted by molar-refractivity contribution is 6.30. The van der Waals surface area contributed by atoms with E-state index < -0.39 is 11.7 Å². The van der Waals surface area contributed by atoms with E-state index in [1.165, 1.54) is 25.4 Å². The Balaban J connectivity index is 2.47. The largest absolute Gasteiger partial charge is 0.491 e. The molecule has 1 aromatic heterocycles. The quantitative estimate of drug-likeness (QED) is 0.834. The maximum Gasteiger partial charge on any atom is 0.418 e. The molecule has 0 radical (unpaired) electrons. The molecule has 0 amide bonds. The van der Waals surface area contributed by atoms with Crippen LogP contribution in [0.4, 0.5) is 24.7 Å². The number of rotatable bonds is 3. The number of hydrogen-bond acceptors (Lipinski definition) is 4. The van der Waals surface area contributed by atoms with E-state index in [0.717, 1.165) is 6.07 Å². The molecule has 0 fully saturated rings. The van der Waals surface area contributed by atoms with E-state index in [0.29, 0.717) is 0 Å². The molecule has 9 heteroatoms. The predicted molar refractivity (Wildman–Crippen MR) is 73.3 cm³/mol. The van der Waals surface area contributed by atoms with Crippen LogP contribution in [0.2, 0.25) is 10.3 Å². The average Bonchev–Trinajstić information content (AvgIpc) is 2.40. The summed E-state index contributed by atoms with van der Waals surface area (Å²) in [4.78, 5) is 7.49. The molecule has 21 heavy (non-hydrogen) atoms. The number of nitrogens with zero attached hydrogens (tertiary/aromatic N) is 2. The van der Waals surface area contributed by atoms with Crippen molar-refractivity contribution in [3.8, 4) is 5.75 Å². The van der Waals surface area contributed by atoms with Crippen LogP contribution in [0.5, 0.6) is 5.75 Å². The Morgan fingerprint density at radius 2 is 1.95 bits per heavy atom. The Labute approximate surface area is 127 Å². The molecule has 0 aliphatic carbocycles. The van der Waals surface area contributed by atoms with Gasteiger partial charge in [-0.3, -0.25) is 0 Å². The highest BCUT2D eigenvalue weighted by Crippen LogP contribution is 2.38. The lowest BCUT2D eigenvalue weighted by Crippen LogP contribution is -2.10. The molecule has 0 saturated carbocycles. The van der Waals surface area contributed by atoms with Gasteiger partial charge in [-0.2, -0.15) is 18.2 Å². The maximum atomic E-state index is 13.0. The zero-order valence-electron chi connectivity index (χ0n) is 10.5. The van der Waals surface area contributed by atoms with E-state index in [9.17, 15) is 13.2 Å². The van der Waals surface area contributed by atoms with Crippen molar-refractivity contribution < 1.29 is 17.9 Å². The molecule has 0 bridgehead atoms. The van der Waals surface area contributed by atoms with Gasteiger partial charge < -0.3 is 10.1 Å². The summed E-state index contributed by atoms with van der Waals surface area (Å²) in [7, 11) is 1.34. The Morgan fingerprint density at radius 3 is 2.57 bits per heavy atom. The minimum atomic E-state index is -4.57. The number of hydrogen-bond donors (Lipinski definition) is 1. The summed E-state index contributed by atoms with van der Waals surface area (Å²) in [6.07, 6.45) is -3.32. The van der Waals surface area contributed by atoms with Crippen LogP contribution >= 0.6 is 23.2 Å². The summed E-state index contributed by atoms with van der Waals surface area (Å²) in [5.41, 5.74) is -1.15. The van der Waals surface area contributed by atoms with Gasteiger partial charge in [-0.05, 0) is 29.8 Å². The van der Waals surface area contributed by atoms with Gasteiger partial charge in [0, 0.05) is 5.02 Å². The van der Waals surface area contributed by atoms with Crippen molar-refractivity contribution >= 4 is 34.7 Å². The van der Waals surface area contributed by atoms with E-state index in [-0.39, 0.29) is 27.6 Å². The molecular weight excluding hydrogens is 330 g/mol. The zero-order chi connectivity index (χ0) is 15.6. The highest BCUT2D eigenvalue weighted by Gasteiger charge is 2.34. The number of ether oxygens (including phenoxy) is 1. The van der Waals surface area contributed by atoms with E-state index in [1.54, 1.807) is 0 Å². The van der Waals surface area contributed by atoms with Crippen LogP contribution in [0.3, 0.4) is 0 Å². The summed E-state index contributed by atoms with van der Waals surface area (Å²) in [5, 5.41) is 2.38. The van der Waals surface area contributed by atoms with E-state index >= 15 is 0 Å². The Bertz CT molecular complexity index is 665. The van der Waals surface area contributed by atoms with E-state index in [4.69, 9.17) is 27.9 Å². The second-order valence-electron chi connectivity index (χ2n) is 3.87. The second kappa shape index (κ2) is 5.95. The maximum absolute atomic E-state index is 13.0. The molecular formula is C12H8Cl2F3N3O. The van der Waals surface area contributed by atoms with Gasteiger partial charge in [0.1, 0.15) is 0 Å². The first-order valence-electron chi connectivity index (χ1n) is 5.51. The number of nitrogens with one attached hydrogen (secondary N) is 1. The molecule has 2 rings (SSSR count). The van der Waals surface area contributed by atoms with Crippen molar-refractivity contribution in [3.05, 3.63) is 40.3 Å². The third-order valence-electron chi connectivity index (χ3n) is 2.49. The van der Waals surface area contributed by atoms with Gasteiger partial charge in [-0.15, -0.1) is 0 Å². The minimum Gasteiger partial charge on any atom is -0.491 e. The van der Waals surface area contributed by atoms with Crippen molar-refractivity contribution in [2.45, 2.75) is 6.18 Å². The SMILES string of the molecule is COc1cnc(Cl)nc1Nc1ccc(Cl)cc1C(F)(F)F. The molecule has 0 spiro atoms. The number of aromatic nitrogens is 2. The number of benzene rings is 1. The fourth-order valence-corrected chi connectivity index (χ4v) is 1.88. The molecule has 0 atom stereocenters. The molecule has 1 heterocycles. The standard InChI is InChI=1S/C12H8Cl2F3N3O/c1-21-9-5-18-11(14)20-10(9)19-8-3-2-6(13)4-7(8)12(15,16)17/h2-5H,1H3,(H,18,19,20). The van der Waals surface area contributed by atoms with Gasteiger partial charge in [-0.25, -0.2) is 4.98 Å². The van der Waals surface area contributed by atoms with Crippen molar-refractivity contribution in [1.82, 2.24) is 9.97 Å². The van der Waals surface area contributed by atoms with Crippen LogP contribution in [0.1, 0.15) is 5.56 Å². The zero-order valence-corrected chi connectivity index (χ0v) is 12.0. The van der Waals surface area contributed by atoms with Crippen LogP contribution in [0.15, 0.2) is 24.4 Å². The summed E-state index contributed by atoms with van der Waals surface area (Å²) in [6.45, 7) is 0. The molecule has 1 N–H and O–H groups in total. The summed E-state index contributed by atoms with van der Waals surface area (Å²) in [5.74, 6) is 0.174. The van der Waals surface area contributed by atoms with Crippen molar-refractivity contribution in [2.24, 2.45) is 0 Å². The molecule has 0 aliphatic heterocycles. The minimum absolute atomic E-state index is 0.0188. The molecule has 0 saturated heterocycles. The van der Waals surface area contributed by atoms with Gasteiger partial charge in [0.15, 0.2) is 11.6 Å². The van der Waals surface area contributed by atoms with E-state index in [1.807, 2.05) is 0 Å². The number of anilines is 2. The summed E-state index contributed by atoms with van der Waals surface area (Å²) >= 11 is 11.2. The van der Waals surface area contributed by atoms with E-state index in [2.05, 4.69) is 15.3 Å². The van der Waals surface area contributed by atoms with Gasteiger partial charge in [0.05, 0.1) is 24.6 Å². The highest BCUT2D eigenvalue weighted by atomic mass is 35.5. The molecule has 2 aromatic rings. The average molecular weight is 338 g/mol. The third kappa shape index (κ3) is 3.68. The Kier molecular flexibility index (Phi) is 4.43. The molecule has 112 valence electrons. The Morgan fingerprint density at radius 1 is 1.24 bits per heavy atom. The first-order chi connectivity index (χ1) is 9.81. The van der Waals surface area contributed by atoms with Crippen molar-refractivity contribution in [3.63, 3.8) is 0 Å². The van der Waals surface area contributed by atoms with Crippen LogP contribution < -0.4 is 10.1 Å². The van der Waals surface area contributed by atoms with Gasteiger partial charge in [-0.1, -0.05) is 11.6 Å². The van der Waals surface area contributed by atoms with Crippen molar-refractivity contribution in [1.29, 1.82) is 0 Å². The molecule has 4 nitrogen and oxygen atoms in total. The lowest BCUT2D eigenvalue weighted by atomic mass is 10.1. The molecule has 0 aliphatic rings. The Hall–Kier alpha value is -1.73. The van der Waals surface area contributed by atoms with Crippen LogP contribution in [-0.4, -0.2) is 17.1 Å². The number of halogens is 5. The van der Waals surface area contributed by atoms with Gasteiger partial charge in [0.2, 0.25) is 5.28 Å². The first kappa shape index (κ1) is 15.7. The van der Waals surface area contributed by atoms with Gasteiger partial charge >= 0.3 is 6.18 Å². The van der Waals surface area contributed by atoms with Gasteiger partial charge in [0.25, 0.3) is 0 Å². The fraction of sp³-hybridized carbons (Fsp3) is 0.167. The lowest BCUT2D eigenvalue weighted by molar-refractivity contribution is -0.136. The summed E-state index contributed by atoms with van der Waals surface area (Å²) < 4.78 is 44.0. The second-order valence-corrected chi connectivity index (χ2v) is 4.64.